The van der Waals surface area contributed by atoms with Gasteiger partial charge in [0.05, 0.1) is 0 Å². The molecular weight excluding hydrogens is 318 g/mol. The zero-order valence-corrected chi connectivity index (χ0v) is 13.5. The number of nitrogens with one attached hydrogen (secondary N) is 1. The Morgan fingerprint density at radius 3 is 2.80 bits per heavy atom. The van der Waals surface area contributed by atoms with Crippen molar-refractivity contribution in [2.45, 2.75) is 44.7 Å². The van der Waals surface area contributed by atoms with Crippen LogP contribution in [0, 0.1) is 0 Å². The zero-order chi connectivity index (χ0) is 14.1. The Labute approximate surface area is 128 Å². The number of H-pyrrole nitrogens is 1. The van der Waals surface area contributed by atoms with Crippen LogP contribution in [0.2, 0.25) is 0 Å². The Balaban J connectivity index is 1.77. The van der Waals surface area contributed by atoms with E-state index in [1.54, 1.807) is 0 Å². The molecule has 3 heterocycles. The molecule has 2 aliphatic rings. The maximum Gasteiger partial charge on any atom is 0.270 e. The van der Waals surface area contributed by atoms with Gasteiger partial charge in [0.25, 0.3) is 5.91 Å². The van der Waals surface area contributed by atoms with Crippen LogP contribution in [0.1, 0.15) is 43.1 Å². The van der Waals surface area contributed by atoms with Gasteiger partial charge in [-0.15, -0.1) is 0 Å². The number of rotatable bonds is 3. The summed E-state index contributed by atoms with van der Waals surface area (Å²) in [5.41, 5.74) is 0.699. The summed E-state index contributed by atoms with van der Waals surface area (Å²) in [4.78, 5) is 20.4. The molecule has 1 amide bonds. The van der Waals surface area contributed by atoms with Crippen molar-refractivity contribution in [2.75, 3.05) is 19.6 Å². The Kier molecular flexibility index (Phi) is 4.17. The Bertz CT molecular complexity index is 487. The largest absolute Gasteiger partial charge is 0.356 e. The molecule has 0 unspecified atom stereocenters. The molecule has 20 heavy (non-hydrogen) atoms. The monoisotopic (exact) mass is 339 g/mol. The van der Waals surface area contributed by atoms with Gasteiger partial charge in [-0.3, -0.25) is 9.69 Å². The molecule has 1 N–H and O–H groups in total. The summed E-state index contributed by atoms with van der Waals surface area (Å²) in [5.74, 6) is 0.154. The highest BCUT2D eigenvalue weighted by Gasteiger charge is 2.39. The average molecular weight is 340 g/mol. The van der Waals surface area contributed by atoms with E-state index in [4.69, 9.17) is 0 Å². The molecule has 4 nitrogen and oxygen atoms in total. The highest BCUT2D eigenvalue weighted by molar-refractivity contribution is 9.10. The van der Waals surface area contributed by atoms with Gasteiger partial charge in [-0.05, 0) is 60.8 Å². The lowest BCUT2D eigenvalue weighted by molar-refractivity contribution is 0.0645. The number of carbonyl (C=O) groups is 1. The lowest BCUT2D eigenvalue weighted by Crippen LogP contribution is -2.48. The molecule has 110 valence electrons. The first-order chi connectivity index (χ1) is 9.70. The maximum absolute atomic E-state index is 12.7. The fourth-order valence-corrected chi connectivity index (χ4v) is 4.11. The predicted octanol–water partition coefficient (Wildman–Crippen LogP) is 2.87. The van der Waals surface area contributed by atoms with Gasteiger partial charge < -0.3 is 9.88 Å². The van der Waals surface area contributed by atoms with Gasteiger partial charge in [-0.1, -0.05) is 6.92 Å². The van der Waals surface area contributed by atoms with E-state index >= 15 is 0 Å². The highest BCUT2D eigenvalue weighted by Crippen LogP contribution is 2.30. The molecule has 5 heteroatoms. The summed E-state index contributed by atoms with van der Waals surface area (Å²) in [5, 5.41) is 0. The van der Waals surface area contributed by atoms with Crippen molar-refractivity contribution in [3.8, 4) is 0 Å². The number of carbonyl (C=O) groups excluding carboxylic acids is 1. The van der Waals surface area contributed by atoms with Crippen molar-refractivity contribution in [3.05, 3.63) is 22.4 Å². The summed E-state index contributed by atoms with van der Waals surface area (Å²) in [7, 11) is 0. The van der Waals surface area contributed by atoms with E-state index < -0.39 is 0 Å². The van der Waals surface area contributed by atoms with Crippen molar-refractivity contribution in [3.63, 3.8) is 0 Å². The molecular formula is C15H22BrN3O. The minimum absolute atomic E-state index is 0.154. The standard InChI is InChI=1S/C15H22BrN3O/c1-2-18-7-3-5-13(18)14-6-4-8-19(14)15(20)12-9-11(16)10-17-12/h9-10,13-14,17H,2-8H2,1H3/t13-,14+/m1/s1. The van der Waals surface area contributed by atoms with Crippen LogP contribution < -0.4 is 0 Å². The fourth-order valence-electron chi connectivity index (χ4n) is 3.77. The topological polar surface area (TPSA) is 39.3 Å². The molecule has 2 fully saturated rings. The van der Waals surface area contributed by atoms with Gasteiger partial charge in [0, 0.05) is 29.3 Å². The lowest BCUT2D eigenvalue weighted by atomic mass is 10.0. The second kappa shape index (κ2) is 5.90. The molecule has 0 bridgehead atoms. The van der Waals surface area contributed by atoms with E-state index in [0.717, 1.165) is 30.4 Å². The number of hydrogen-bond acceptors (Lipinski definition) is 2. The maximum atomic E-state index is 12.7. The van der Waals surface area contributed by atoms with Crippen molar-refractivity contribution < 1.29 is 4.79 Å². The number of nitrogens with zero attached hydrogens (tertiary/aromatic N) is 2. The van der Waals surface area contributed by atoms with E-state index in [0.29, 0.717) is 17.8 Å². The first-order valence-corrected chi connectivity index (χ1v) is 8.39. The molecule has 1 aromatic rings. The van der Waals surface area contributed by atoms with Gasteiger partial charge >= 0.3 is 0 Å². The third-order valence-corrected chi connectivity index (χ3v) is 5.16. The third-order valence-electron chi connectivity index (χ3n) is 4.70. The van der Waals surface area contributed by atoms with Gasteiger partial charge in [0.15, 0.2) is 0 Å². The smallest absolute Gasteiger partial charge is 0.270 e. The Morgan fingerprint density at radius 2 is 2.10 bits per heavy atom. The first-order valence-electron chi connectivity index (χ1n) is 7.59. The number of amides is 1. The molecule has 2 aliphatic heterocycles. The van der Waals surface area contributed by atoms with Crippen LogP contribution in [0.5, 0.6) is 0 Å². The number of hydrogen-bond donors (Lipinski definition) is 1. The summed E-state index contributed by atoms with van der Waals surface area (Å²) >= 11 is 3.40. The van der Waals surface area contributed by atoms with Crippen LogP contribution >= 0.6 is 15.9 Å². The molecule has 1 aromatic heterocycles. The number of halogens is 1. The Hall–Kier alpha value is -0.810. The lowest BCUT2D eigenvalue weighted by Gasteiger charge is -2.34. The van der Waals surface area contributed by atoms with Crippen LogP contribution in [0.4, 0.5) is 0 Å². The van der Waals surface area contributed by atoms with Gasteiger partial charge in [-0.25, -0.2) is 0 Å². The van der Waals surface area contributed by atoms with Crippen molar-refractivity contribution in [1.82, 2.24) is 14.8 Å². The summed E-state index contributed by atoms with van der Waals surface area (Å²) in [6, 6.07) is 2.83. The molecule has 0 saturated carbocycles. The van der Waals surface area contributed by atoms with Crippen LogP contribution in [0.15, 0.2) is 16.7 Å². The number of aromatic amines is 1. The van der Waals surface area contributed by atoms with Crippen molar-refractivity contribution in [2.24, 2.45) is 0 Å². The number of aromatic nitrogens is 1. The molecule has 0 aliphatic carbocycles. The van der Waals surface area contributed by atoms with E-state index in [9.17, 15) is 4.79 Å². The first kappa shape index (κ1) is 14.1. The molecule has 2 saturated heterocycles. The predicted molar refractivity (Wildman–Crippen MR) is 82.8 cm³/mol. The van der Waals surface area contributed by atoms with E-state index in [1.807, 2.05) is 12.3 Å². The number of likely N-dealkylation sites (N-methyl/N-ethyl adjacent to an activating group) is 1. The quantitative estimate of drug-likeness (QED) is 0.919. The van der Waals surface area contributed by atoms with Crippen LogP contribution in [0.25, 0.3) is 0 Å². The molecule has 2 atom stereocenters. The average Bonchev–Trinajstić information content (AvgIpc) is 3.16. The second-order valence-corrected chi connectivity index (χ2v) is 6.69. The normalized spacial score (nSPS) is 27.4. The molecule has 0 radical (unpaired) electrons. The minimum Gasteiger partial charge on any atom is -0.356 e. The highest BCUT2D eigenvalue weighted by atomic mass is 79.9. The third kappa shape index (κ3) is 2.53. The van der Waals surface area contributed by atoms with E-state index in [-0.39, 0.29) is 5.91 Å². The van der Waals surface area contributed by atoms with Crippen LogP contribution in [-0.4, -0.2) is 52.4 Å². The molecule has 0 aromatic carbocycles. The van der Waals surface area contributed by atoms with Crippen molar-refractivity contribution >= 4 is 21.8 Å². The fraction of sp³-hybridized carbons (Fsp3) is 0.667. The van der Waals surface area contributed by atoms with Crippen LogP contribution in [0.3, 0.4) is 0 Å². The van der Waals surface area contributed by atoms with Gasteiger partial charge in [0.2, 0.25) is 0 Å². The van der Waals surface area contributed by atoms with Crippen molar-refractivity contribution in [1.29, 1.82) is 0 Å². The summed E-state index contributed by atoms with van der Waals surface area (Å²) in [6.45, 7) is 5.40. The Morgan fingerprint density at radius 1 is 1.35 bits per heavy atom. The van der Waals surface area contributed by atoms with E-state index in [1.165, 1.54) is 19.4 Å². The van der Waals surface area contributed by atoms with E-state index in [2.05, 4.69) is 37.6 Å². The second-order valence-electron chi connectivity index (χ2n) is 5.78. The SMILES string of the molecule is CCN1CCC[C@@H]1[C@@H]1CCCN1C(=O)c1cc(Br)c[nH]1. The summed E-state index contributed by atoms with van der Waals surface area (Å²) in [6.07, 6.45) is 6.61. The molecule has 3 rings (SSSR count). The van der Waals surface area contributed by atoms with Crippen LogP contribution in [-0.2, 0) is 0 Å². The molecule has 0 spiro atoms. The minimum atomic E-state index is 0.154. The van der Waals surface area contributed by atoms with Gasteiger partial charge in [0.1, 0.15) is 5.69 Å². The van der Waals surface area contributed by atoms with Gasteiger partial charge in [-0.2, -0.15) is 0 Å². The number of likely N-dealkylation sites (tertiary alicyclic amines) is 2. The zero-order valence-electron chi connectivity index (χ0n) is 11.9. The summed E-state index contributed by atoms with van der Waals surface area (Å²) < 4.78 is 0.938.